The van der Waals surface area contributed by atoms with Gasteiger partial charge in [-0.2, -0.15) is 0 Å². The summed E-state index contributed by atoms with van der Waals surface area (Å²) < 4.78 is 0. The highest BCUT2D eigenvalue weighted by Gasteiger charge is 2.45. The molecule has 3 aromatic rings. The molecule has 0 saturated carbocycles. The van der Waals surface area contributed by atoms with Crippen LogP contribution in [0.15, 0.2) is 64.7 Å². The predicted molar refractivity (Wildman–Crippen MR) is 94.9 cm³/mol. The Morgan fingerprint density at radius 1 is 1.12 bits per heavy atom. The third-order valence-corrected chi connectivity index (χ3v) is 5.43. The minimum Gasteiger partial charge on any atom is -0.503 e. The molecule has 0 fully saturated rings. The molecule has 0 aliphatic carbocycles. The van der Waals surface area contributed by atoms with Crippen molar-refractivity contribution < 1.29 is 14.7 Å². The summed E-state index contributed by atoms with van der Waals surface area (Å²) in [7, 11) is 0. The standard InChI is InChI=1S/C17H11N3O3S2/c21-14(11-7-4-8-24-11)12-13(10-5-2-1-3-6-10)20(16(23)15(12)22)17-19-18-9-25-17/h1-9,13,22H. The van der Waals surface area contributed by atoms with Gasteiger partial charge in [0.1, 0.15) is 5.51 Å². The van der Waals surface area contributed by atoms with Crippen LogP contribution in [0.3, 0.4) is 0 Å². The van der Waals surface area contributed by atoms with E-state index in [9.17, 15) is 14.7 Å². The number of aliphatic hydroxyl groups excluding tert-OH is 1. The molecule has 0 radical (unpaired) electrons. The van der Waals surface area contributed by atoms with Gasteiger partial charge in [-0.3, -0.25) is 14.5 Å². The topological polar surface area (TPSA) is 83.4 Å². The lowest BCUT2D eigenvalue weighted by molar-refractivity contribution is -0.117. The van der Waals surface area contributed by atoms with E-state index in [0.29, 0.717) is 10.0 Å². The number of anilines is 1. The minimum absolute atomic E-state index is 0.0638. The van der Waals surface area contributed by atoms with Crippen LogP contribution in [0.1, 0.15) is 21.3 Å². The smallest absolute Gasteiger partial charge is 0.296 e. The SMILES string of the molecule is O=C(C1=C(O)C(=O)N(c2nncs2)C1c1ccccc1)c1cccs1. The number of Topliss-reactive ketones (excluding diaryl/α,β-unsaturated/α-hetero) is 1. The maximum Gasteiger partial charge on any atom is 0.296 e. The first-order valence-electron chi connectivity index (χ1n) is 7.34. The second kappa shape index (κ2) is 6.23. The predicted octanol–water partition coefficient (Wildman–Crippen LogP) is 3.38. The largest absolute Gasteiger partial charge is 0.503 e. The van der Waals surface area contributed by atoms with Crippen molar-refractivity contribution in [3.05, 3.63) is 75.1 Å². The van der Waals surface area contributed by atoms with Gasteiger partial charge in [-0.1, -0.05) is 47.7 Å². The summed E-state index contributed by atoms with van der Waals surface area (Å²) in [5.41, 5.74) is 2.28. The van der Waals surface area contributed by atoms with Crippen LogP contribution in [-0.4, -0.2) is 27.0 Å². The normalized spacial score (nSPS) is 17.4. The van der Waals surface area contributed by atoms with Crippen LogP contribution < -0.4 is 4.90 Å². The lowest BCUT2D eigenvalue weighted by atomic mass is 9.96. The van der Waals surface area contributed by atoms with Crippen LogP contribution in [0, 0.1) is 0 Å². The zero-order valence-electron chi connectivity index (χ0n) is 12.7. The Bertz CT molecular complexity index is 950. The van der Waals surface area contributed by atoms with E-state index in [0.717, 1.165) is 5.56 Å². The zero-order valence-corrected chi connectivity index (χ0v) is 14.3. The van der Waals surface area contributed by atoms with Crippen LogP contribution >= 0.6 is 22.7 Å². The Kier molecular flexibility index (Phi) is 3.90. The van der Waals surface area contributed by atoms with Crippen molar-refractivity contribution in [3.63, 3.8) is 0 Å². The number of amides is 1. The number of carbonyl (C=O) groups is 2. The molecule has 0 bridgehead atoms. The maximum atomic E-state index is 12.9. The average molecular weight is 369 g/mol. The molecule has 1 amide bonds. The van der Waals surface area contributed by atoms with Crippen molar-refractivity contribution in [2.45, 2.75) is 6.04 Å². The van der Waals surface area contributed by atoms with Gasteiger partial charge in [0.15, 0.2) is 5.76 Å². The lowest BCUT2D eigenvalue weighted by Crippen LogP contribution is -2.30. The van der Waals surface area contributed by atoms with Gasteiger partial charge in [0.05, 0.1) is 16.5 Å². The summed E-state index contributed by atoms with van der Waals surface area (Å²) in [6.07, 6.45) is 0. The molecule has 25 heavy (non-hydrogen) atoms. The molecule has 1 aliphatic rings. The van der Waals surface area contributed by atoms with Crippen molar-refractivity contribution in [1.82, 2.24) is 10.2 Å². The molecule has 0 saturated heterocycles. The Hall–Kier alpha value is -2.84. The number of carbonyl (C=O) groups excluding carboxylic acids is 2. The Labute approximate surface area is 150 Å². The Balaban J connectivity index is 1.88. The van der Waals surface area contributed by atoms with Crippen LogP contribution in [0.4, 0.5) is 5.13 Å². The van der Waals surface area contributed by atoms with E-state index in [1.165, 1.54) is 33.1 Å². The minimum atomic E-state index is -0.740. The fourth-order valence-corrected chi connectivity index (χ4v) is 4.06. The van der Waals surface area contributed by atoms with Gasteiger partial charge in [-0.05, 0) is 17.0 Å². The number of rotatable bonds is 4. The van der Waals surface area contributed by atoms with Gasteiger partial charge in [0.2, 0.25) is 10.9 Å². The molecule has 1 aliphatic heterocycles. The zero-order chi connectivity index (χ0) is 17.4. The molecule has 1 aromatic carbocycles. The number of hydrogen-bond acceptors (Lipinski definition) is 7. The molecule has 1 unspecified atom stereocenters. The van der Waals surface area contributed by atoms with Crippen molar-refractivity contribution in [3.8, 4) is 0 Å². The van der Waals surface area contributed by atoms with Gasteiger partial charge < -0.3 is 5.11 Å². The van der Waals surface area contributed by atoms with E-state index in [1.54, 1.807) is 17.5 Å². The molecular formula is C17H11N3O3S2. The van der Waals surface area contributed by atoms with E-state index in [1.807, 2.05) is 30.3 Å². The number of hydrogen-bond donors (Lipinski definition) is 1. The number of aliphatic hydroxyl groups is 1. The summed E-state index contributed by atoms with van der Waals surface area (Å²) in [4.78, 5) is 27.4. The first-order chi connectivity index (χ1) is 12.2. The van der Waals surface area contributed by atoms with Gasteiger partial charge >= 0.3 is 0 Å². The van der Waals surface area contributed by atoms with Crippen LogP contribution in [0.25, 0.3) is 0 Å². The molecule has 8 heteroatoms. The number of ketones is 1. The van der Waals surface area contributed by atoms with E-state index in [4.69, 9.17) is 0 Å². The fraction of sp³-hybridized carbons (Fsp3) is 0.0588. The first kappa shape index (κ1) is 15.7. The highest BCUT2D eigenvalue weighted by atomic mass is 32.1. The molecule has 4 rings (SSSR count). The maximum absolute atomic E-state index is 12.9. The molecule has 1 atom stereocenters. The molecule has 124 valence electrons. The number of thiophene rings is 1. The Morgan fingerprint density at radius 3 is 2.56 bits per heavy atom. The van der Waals surface area contributed by atoms with Crippen LogP contribution in [0.5, 0.6) is 0 Å². The van der Waals surface area contributed by atoms with E-state index in [-0.39, 0.29) is 11.4 Å². The molecular weight excluding hydrogens is 358 g/mol. The summed E-state index contributed by atoms with van der Waals surface area (Å²) >= 11 is 2.44. The lowest BCUT2D eigenvalue weighted by Gasteiger charge is -2.23. The van der Waals surface area contributed by atoms with Gasteiger partial charge in [-0.25, -0.2) is 0 Å². The van der Waals surface area contributed by atoms with E-state index in [2.05, 4.69) is 10.2 Å². The van der Waals surface area contributed by atoms with E-state index < -0.39 is 17.7 Å². The molecule has 0 spiro atoms. The summed E-state index contributed by atoms with van der Waals surface area (Å²) in [5, 5.41) is 20.3. The van der Waals surface area contributed by atoms with Crippen molar-refractivity contribution in [1.29, 1.82) is 0 Å². The number of benzene rings is 1. The number of aromatic nitrogens is 2. The highest BCUT2D eigenvalue weighted by molar-refractivity contribution is 7.13. The fourth-order valence-electron chi connectivity index (χ4n) is 2.80. The van der Waals surface area contributed by atoms with Crippen LogP contribution in [0.2, 0.25) is 0 Å². The van der Waals surface area contributed by atoms with Crippen molar-refractivity contribution in [2.24, 2.45) is 0 Å². The second-order valence-electron chi connectivity index (χ2n) is 5.28. The molecule has 3 heterocycles. The van der Waals surface area contributed by atoms with Crippen LogP contribution in [-0.2, 0) is 4.79 Å². The Morgan fingerprint density at radius 2 is 1.92 bits per heavy atom. The van der Waals surface area contributed by atoms with Gasteiger partial charge in [0, 0.05) is 0 Å². The van der Waals surface area contributed by atoms with Crippen molar-refractivity contribution in [2.75, 3.05) is 4.90 Å². The van der Waals surface area contributed by atoms with E-state index >= 15 is 0 Å². The third-order valence-electron chi connectivity index (χ3n) is 3.87. The molecule has 2 aromatic heterocycles. The highest BCUT2D eigenvalue weighted by Crippen LogP contribution is 2.42. The second-order valence-corrected chi connectivity index (χ2v) is 7.04. The summed E-state index contributed by atoms with van der Waals surface area (Å²) in [6, 6.07) is 11.8. The monoisotopic (exact) mass is 369 g/mol. The quantitative estimate of drug-likeness (QED) is 0.713. The molecule has 6 nitrogen and oxygen atoms in total. The van der Waals surface area contributed by atoms with Crippen molar-refractivity contribution >= 4 is 39.5 Å². The van der Waals surface area contributed by atoms with Gasteiger partial charge in [-0.15, -0.1) is 21.5 Å². The average Bonchev–Trinajstić information content (AvgIpc) is 3.37. The first-order valence-corrected chi connectivity index (χ1v) is 9.10. The summed E-state index contributed by atoms with van der Waals surface area (Å²) in [6.45, 7) is 0. The third kappa shape index (κ3) is 2.55. The van der Waals surface area contributed by atoms with Gasteiger partial charge in [0.25, 0.3) is 5.91 Å². The summed E-state index contributed by atoms with van der Waals surface area (Å²) in [5.74, 6) is -1.55. The molecule has 1 N–H and O–H groups in total. The number of nitrogens with zero attached hydrogens (tertiary/aromatic N) is 3.